The first-order valence-corrected chi connectivity index (χ1v) is 10.3. The molecular weight excluding hydrogens is 478 g/mol. The molecule has 0 aliphatic heterocycles. The maximum Gasteiger partial charge on any atom is 2.00 e. The summed E-state index contributed by atoms with van der Waals surface area (Å²) in [6, 6.07) is 38.4. The Balaban J connectivity index is 0.000000275. The van der Waals surface area contributed by atoms with Crippen LogP contribution in [-0.2, 0) is 17.1 Å². The molecule has 126 valence electrons. The maximum absolute atomic E-state index is 2.28. The van der Waals surface area contributed by atoms with Gasteiger partial charge in [-0.1, -0.05) is 83.3 Å². The van der Waals surface area contributed by atoms with E-state index in [9.17, 15) is 0 Å². The Morgan fingerprint density at radius 1 is 0.600 bits per heavy atom. The molecule has 0 bridgehead atoms. The van der Waals surface area contributed by atoms with Gasteiger partial charge in [0.15, 0.2) is 0 Å². The fraction of sp³-hybridized carbons (Fsp3) is 0. The minimum Gasteiger partial charge on any atom is -0.213 e. The van der Waals surface area contributed by atoms with Gasteiger partial charge in [-0.05, 0) is 18.5 Å². The molecule has 0 nitrogen and oxygen atoms in total. The van der Waals surface area contributed by atoms with Crippen molar-refractivity contribution in [3.8, 4) is 0 Å². The van der Waals surface area contributed by atoms with Crippen molar-refractivity contribution >= 4 is 46.4 Å². The molecular formula is C22H18FeIP. The zero-order valence-electron chi connectivity index (χ0n) is 13.6. The quantitative estimate of drug-likeness (QED) is 0.159. The molecule has 0 saturated carbocycles. The van der Waals surface area contributed by atoms with E-state index in [1.165, 1.54) is 19.5 Å². The first kappa shape index (κ1) is 20.1. The molecule has 0 amide bonds. The van der Waals surface area contributed by atoms with Crippen molar-refractivity contribution in [3.05, 3.63) is 113 Å². The van der Waals surface area contributed by atoms with Gasteiger partial charge in [-0.15, -0.1) is 8.87 Å². The van der Waals surface area contributed by atoms with Crippen LogP contribution >= 0.6 is 30.5 Å². The molecule has 0 unspecified atom stereocenters. The molecule has 25 heavy (non-hydrogen) atoms. The van der Waals surface area contributed by atoms with Crippen LogP contribution < -0.4 is 15.9 Å². The van der Waals surface area contributed by atoms with Gasteiger partial charge in [-0.2, -0.15) is 24.3 Å². The molecule has 0 N–H and O–H groups in total. The van der Waals surface area contributed by atoms with Crippen LogP contribution in [0.15, 0.2) is 109 Å². The zero-order valence-corrected chi connectivity index (χ0v) is 17.7. The second kappa shape index (κ2) is 10.7. The molecule has 0 fully saturated rings. The van der Waals surface area contributed by atoms with Crippen LogP contribution in [0.2, 0.25) is 0 Å². The summed E-state index contributed by atoms with van der Waals surface area (Å²) in [6.45, 7) is 0. The first-order valence-electron chi connectivity index (χ1n) is 7.84. The average molecular weight is 496 g/mol. The molecule has 0 spiro atoms. The number of hydrogen-bond acceptors (Lipinski definition) is 0. The van der Waals surface area contributed by atoms with Gasteiger partial charge in [0.2, 0.25) is 0 Å². The van der Waals surface area contributed by atoms with Crippen molar-refractivity contribution in [2.45, 2.75) is 0 Å². The number of benzene rings is 2. The van der Waals surface area contributed by atoms with Gasteiger partial charge in [-0.3, -0.25) is 0 Å². The second-order valence-electron chi connectivity index (χ2n) is 5.25. The summed E-state index contributed by atoms with van der Waals surface area (Å²) in [5.41, 5.74) is 0. The minimum atomic E-state index is -0.409. The third kappa shape index (κ3) is 5.94. The molecule has 0 saturated heterocycles. The summed E-state index contributed by atoms with van der Waals surface area (Å²) < 4.78 is 1.31. The Morgan fingerprint density at radius 3 is 1.48 bits per heavy atom. The van der Waals surface area contributed by atoms with E-state index < -0.39 is 7.92 Å². The van der Waals surface area contributed by atoms with Crippen molar-refractivity contribution in [2.24, 2.45) is 0 Å². The SMILES string of the molecule is Ic1ccc[cH-]1.[Fe+2].c1ccc(P(c2ccccc2)c2ccc[cH-]2)cc1. The van der Waals surface area contributed by atoms with Gasteiger partial charge in [0, 0.05) is 0 Å². The molecule has 0 aromatic heterocycles. The van der Waals surface area contributed by atoms with Crippen LogP contribution in [-0.4, -0.2) is 0 Å². The molecule has 4 aromatic rings. The first-order chi connectivity index (χ1) is 11.8. The maximum atomic E-state index is 2.28. The van der Waals surface area contributed by atoms with Gasteiger partial charge in [0.05, 0.1) is 0 Å². The van der Waals surface area contributed by atoms with E-state index in [0.29, 0.717) is 0 Å². The van der Waals surface area contributed by atoms with E-state index in [-0.39, 0.29) is 17.1 Å². The van der Waals surface area contributed by atoms with Crippen molar-refractivity contribution in [2.75, 3.05) is 0 Å². The normalized spacial score (nSPS) is 9.84. The van der Waals surface area contributed by atoms with Gasteiger partial charge < -0.3 is 0 Å². The summed E-state index contributed by atoms with van der Waals surface area (Å²) in [4.78, 5) is 0. The predicted molar refractivity (Wildman–Crippen MR) is 115 cm³/mol. The number of rotatable bonds is 3. The monoisotopic (exact) mass is 496 g/mol. The van der Waals surface area contributed by atoms with Crippen LogP contribution in [0.5, 0.6) is 0 Å². The molecule has 0 aliphatic carbocycles. The largest absolute Gasteiger partial charge is 2.00 e. The fourth-order valence-corrected chi connectivity index (χ4v) is 5.19. The average Bonchev–Trinajstić information content (AvgIpc) is 3.32. The van der Waals surface area contributed by atoms with Gasteiger partial charge >= 0.3 is 17.1 Å². The van der Waals surface area contributed by atoms with Gasteiger partial charge in [-0.25, -0.2) is 24.3 Å². The van der Waals surface area contributed by atoms with Crippen molar-refractivity contribution in [1.82, 2.24) is 0 Å². The van der Waals surface area contributed by atoms with E-state index in [1.54, 1.807) is 0 Å². The van der Waals surface area contributed by atoms with Crippen molar-refractivity contribution in [3.63, 3.8) is 0 Å². The molecule has 0 aliphatic rings. The third-order valence-corrected chi connectivity index (χ3v) is 6.72. The Hall–Kier alpha value is -1.18. The molecule has 0 heterocycles. The third-order valence-electron chi connectivity index (χ3n) is 3.55. The van der Waals surface area contributed by atoms with Gasteiger partial charge in [0.25, 0.3) is 0 Å². The van der Waals surface area contributed by atoms with E-state index >= 15 is 0 Å². The smallest absolute Gasteiger partial charge is 0.213 e. The minimum absolute atomic E-state index is 0. The molecule has 4 aromatic carbocycles. The summed E-state index contributed by atoms with van der Waals surface area (Å²) in [5.74, 6) is 0. The van der Waals surface area contributed by atoms with Crippen LogP contribution in [0.4, 0.5) is 0 Å². The van der Waals surface area contributed by atoms with Crippen LogP contribution in [0.3, 0.4) is 0 Å². The zero-order chi connectivity index (χ0) is 16.6. The summed E-state index contributed by atoms with van der Waals surface area (Å²) in [7, 11) is -0.409. The van der Waals surface area contributed by atoms with Crippen LogP contribution in [0.25, 0.3) is 0 Å². The van der Waals surface area contributed by atoms with Gasteiger partial charge in [0.1, 0.15) is 0 Å². The Kier molecular flexibility index (Phi) is 8.64. The Morgan fingerprint density at radius 2 is 1.12 bits per heavy atom. The Labute approximate surface area is 175 Å². The van der Waals surface area contributed by atoms with Crippen LogP contribution in [0.1, 0.15) is 0 Å². The van der Waals surface area contributed by atoms with E-state index in [0.717, 1.165) is 0 Å². The molecule has 0 atom stereocenters. The van der Waals surface area contributed by atoms with Crippen LogP contribution in [0, 0.1) is 3.57 Å². The summed E-state index contributed by atoms with van der Waals surface area (Å²) >= 11 is 2.28. The second-order valence-corrected chi connectivity index (χ2v) is 8.72. The number of hydrogen-bond donors (Lipinski definition) is 0. The van der Waals surface area contributed by atoms with E-state index in [1.807, 2.05) is 12.1 Å². The van der Waals surface area contributed by atoms with E-state index in [2.05, 4.69) is 120 Å². The summed E-state index contributed by atoms with van der Waals surface area (Å²) in [6.07, 6.45) is 0. The number of halogens is 1. The fourth-order valence-electron chi connectivity index (χ4n) is 2.46. The van der Waals surface area contributed by atoms with Crippen molar-refractivity contribution in [1.29, 1.82) is 0 Å². The summed E-state index contributed by atoms with van der Waals surface area (Å²) in [5, 5.41) is 4.23. The molecule has 0 radical (unpaired) electrons. The van der Waals surface area contributed by atoms with Crippen molar-refractivity contribution < 1.29 is 17.1 Å². The Bertz CT molecular complexity index is 770. The predicted octanol–water partition coefficient (Wildman–Crippen LogP) is 5.17. The van der Waals surface area contributed by atoms with E-state index in [4.69, 9.17) is 0 Å². The molecule has 3 heteroatoms. The topological polar surface area (TPSA) is 0 Å². The standard InChI is InChI=1S/C17H14P.C5H4I.Fe/c1-3-9-15(10-4-1)18(17-13-7-8-14-17)16-11-5-2-6-12-16;6-5-3-1-2-4-5;/h1-14H;1-4H;/q2*-1;+2. The molecule has 4 rings (SSSR count).